The van der Waals surface area contributed by atoms with Crippen LogP contribution in [0.4, 0.5) is 0 Å². The summed E-state index contributed by atoms with van der Waals surface area (Å²) < 4.78 is 10.6. The van der Waals surface area contributed by atoms with Crippen LogP contribution in [0.3, 0.4) is 0 Å². The molecule has 7 nitrogen and oxygen atoms in total. The number of amides is 1. The van der Waals surface area contributed by atoms with Crippen LogP contribution < -0.4 is 9.47 Å². The van der Waals surface area contributed by atoms with E-state index in [2.05, 4.69) is 0 Å². The molecule has 2 aromatic rings. The molecule has 0 spiro atoms. The summed E-state index contributed by atoms with van der Waals surface area (Å²) in [6.45, 7) is -0.470. The topological polar surface area (TPSA) is 93.1 Å². The van der Waals surface area contributed by atoms with Gasteiger partial charge in [-0.05, 0) is 48.0 Å². The van der Waals surface area contributed by atoms with E-state index in [1.807, 2.05) is 0 Å². The number of hydrogen-bond acceptors (Lipinski definition) is 7. The molecule has 1 heterocycles. The van der Waals surface area contributed by atoms with Gasteiger partial charge in [-0.1, -0.05) is 36.1 Å². The van der Waals surface area contributed by atoms with Crippen molar-refractivity contribution in [2.24, 2.45) is 0 Å². The molecule has 1 saturated heterocycles. The molecule has 1 fully saturated rings. The number of thiocarbonyl (C=S) groups is 1. The van der Waals surface area contributed by atoms with Crippen molar-refractivity contribution in [3.8, 4) is 11.5 Å². The summed E-state index contributed by atoms with van der Waals surface area (Å²) in [5, 5.41) is 8.87. The van der Waals surface area contributed by atoms with Gasteiger partial charge in [0.1, 0.15) is 22.4 Å². The molecule has 9 heteroatoms. The summed E-state index contributed by atoms with van der Waals surface area (Å²) in [6.07, 6.45) is 1.61. The summed E-state index contributed by atoms with van der Waals surface area (Å²) in [5.41, 5.74) is 1.07. The van der Waals surface area contributed by atoms with E-state index < -0.39 is 24.4 Å². The average Bonchev–Trinajstić information content (AvgIpc) is 2.96. The lowest BCUT2D eigenvalue weighted by Crippen LogP contribution is -2.33. The Morgan fingerprint density at radius 1 is 1.10 bits per heavy atom. The molecule has 1 aliphatic rings. The first-order valence-corrected chi connectivity index (χ1v) is 9.53. The quantitative estimate of drug-likeness (QED) is 0.324. The third kappa shape index (κ3) is 5.01. The van der Waals surface area contributed by atoms with Gasteiger partial charge in [-0.2, -0.15) is 0 Å². The molecule has 0 aromatic heterocycles. The predicted molar refractivity (Wildman–Crippen MR) is 112 cm³/mol. The van der Waals surface area contributed by atoms with E-state index in [-0.39, 0.29) is 4.32 Å². The third-order valence-electron chi connectivity index (χ3n) is 3.88. The SMILES string of the molecule is COc1ccc(C(=O)Oc2ccc(/C=C3/SC(=S)N(CC(=O)O)C3=O)cc2)cc1. The second-order valence-corrected chi connectivity index (χ2v) is 7.52. The van der Waals surface area contributed by atoms with E-state index in [9.17, 15) is 14.4 Å². The van der Waals surface area contributed by atoms with Crippen LogP contribution in [-0.4, -0.2) is 45.8 Å². The molecule has 3 rings (SSSR count). The number of aliphatic carboxylic acids is 1. The van der Waals surface area contributed by atoms with E-state index in [4.69, 9.17) is 26.8 Å². The van der Waals surface area contributed by atoms with Gasteiger partial charge in [0.2, 0.25) is 0 Å². The Morgan fingerprint density at radius 2 is 1.72 bits per heavy atom. The van der Waals surface area contributed by atoms with Gasteiger partial charge in [0.25, 0.3) is 5.91 Å². The molecule has 0 aliphatic carbocycles. The van der Waals surface area contributed by atoms with Crippen molar-refractivity contribution in [1.82, 2.24) is 4.90 Å². The Morgan fingerprint density at radius 3 is 2.31 bits per heavy atom. The van der Waals surface area contributed by atoms with Gasteiger partial charge in [-0.25, -0.2) is 4.79 Å². The number of thioether (sulfide) groups is 1. The van der Waals surface area contributed by atoms with Gasteiger partial charge in [0.05, 0.1) is 17.6 Å². The standard InChI is InChI=1S/C20H15NO6S2/c1-26-14-8-4-13(5-9-14)19(25)27-15-6-2-12(3-7-15)10-16-18(24)21(11-17(22)23)20(28)29-16/h2-10H,11H2,1H3,(H,22,23)/b16-10+. The molecule has 148 valence electrons. The predicted octanol–water partition coefficient (Wildman–Crippen LogP) is 3.20. The van der Waals surface area contributed by atoms with Crippen molar-refractivity contribution in [3.63, 3.8) is 0 Å². The zero-order valence-corrected chi connectivity index (χ0v) is 16.8. The van der Waals surface area contributed by atoms with Crippen molar-refractivity contribution < 1.29 is 29.0 Å². The molecule has 0 bridgehead atoms. The molecule has 29 heavy (non-hydrogen) atoms. The van der Waals surface area contributed by atoms with E-state index in [0.29, 0.717) is 27.5 Å². The highest BCUT2D eigenvalue weighted by molar-refractivity contribution is 8.26. The second kappa shape index (κ2) is 8.89. The fraction of sp³-hybridized carbons (Fsp3) is 0.100. The first-order chi connectivity index (χ1) is 13.9. The highest BCUT2D eigenvalue weighted by Gasteiger charge is 2.33. The smallest absolute Gasteiger partial charge is 0.343 e. The van der Waals surface area contributed by atoms with E-state index in [0.717, 1.165) is 16.7 Å². The van der Waals surface area contributed by atoms with Crippen LogP contribution in [-0.2, 0) is 9.59 Å². The summed E-state index contributed by atoms with van der Waals surface area (Å²) in [5.74, 6) is -1.10. The molecule has 0 atom stereocenters. The van der Waals surface area contributed by atoms with Crippen LogP contribution in [0.5, 0.6) is 11.5 Å². The van der Waals surface area contributed by atoms with Crippen molar-refractivity contribution >= 4 is 52.2 Å². The number of carboxylic acids is 1. The largest absolute Gasteiger partial charge is 0.497 e. The fourth-order valence-electron chi connectivity index (χ4n) is 2.45. The van der Waals surface area contributed by atoms with Crippen LogP contribution in [0.25, 0.3) is 6.08 Å². The van der Waals surface area contributed by atoms with Crippen LogP contribution in [0.1, 0.15) is 15.9 Å². The van der Waals surface area contributed by atoms with Gasteiger partial charge in [0.15, 0.2) is 0 Å². The summed E-state index contributed by atoms with van der Waals surface area (Å²) >= 11 is 6.10. The summed E-state index contributed by atoms with van der Waals surface area (Å²) in [4.78, 5) is 36.7. The Labute approximate surface area is 175 Å². The third-order valence-corrected chi connectivity index (χ3v) is 5.26. The second-order valence-electron chi connectivity index (χ2n) is 5.85. The minimum absolute atomic E-state index is 0.202. The van der Waals surface area contributed by atoms with E-state index in [1.54, 1.807) is 61.7 Å². The highest BCUT2D eigenvalue weighted by atomic mass is 32.2. The molecule has 0 unspecified atom stereocenters. The zero-order chi connectivity index (χ0) is 21.0. The monoisotopic (exact) mass is 429 g/mol. The number of carbonyl (C=O) groups is 3. The Balaban J connectivity index is 1.67. The normalized spacial score (nSPS) is 14.9. The number of esters is 1. The first kappa shape index (κ1) is 20.6. The first-order valence-electron chi connectivity index (χ1n) is 8.31. The van der Waals surface area contributed by atoms with Crippen LogP contribution in [0, 0.1) is 0 Å². The Hall–Kier alpha value is -3.17. The number of hydrogen-bond donors (Lipinski definition) is 1. The van der Waals surface area contributed by atoms with Gasteiger partial charge in [-0.15, -0.1) is 0 Å². The maximum atomic E-state index is 12.3. The maximum absolute atomic E-state index is 12.3. The maximum Gasteiger partial charge on any atom is 0.343 e. The molecule has 0 radical (unpaired) electrons. The van der Waals surface area contributed by atoms with Crippen molar-refractivity contribution in [2.75, 3.05) is 13.7 Å². The number of rotatable bonds is 6. The molecule has 2 aromatic carbocycles. The van der Waals surface area contributed by atoms with Crippen LogP contribution in [0.2, 0.25) is 0 Å². The van der Waals surface area contributed by atoms with Gasteiger partial charge < -0.3 is 14.6 Å². The summed E-state index contributed by atoms with van der Waals surface area (Å²) in [7, 11) is 1.54. The summed E-state index contributed by atoms with van der Waals surface area (Å²) in [6, 6.07) is 13.1. The molecule has 1 amide bonds. The van der Waals surface area contributed by atoms with Gasteiger partial charge >= 0.3 is 11.9 Å². The Kier molecular flexibility index (Phi) is 6.30. The minimum Gasteiger partial charge on any atom is -0.497 e. The average molecular weight is 429 g/mol. The minimum atomic E-state index is -1.13. The molecule has 1 N–H and O–H groups in total. The highest BCUT2D eigenvalue weighted by Crippen LogP contribution is 2.32. The van der Waals surface area contributed by atoms with E-state index >= 15 is 0 Å². The number of benzene rings is 2. The number of carbonyl (C=O) groups excluding carboxylic acids is 2. The number of methoxy groups -OCH3 is 1. The lowest BCUT2D eigenvalue weighted by molar-refractivity contribution is -0.140. The number of ether oxygens (including phenoxy) is 2. The number of nitrogens with zero attached hydrogens (tertiary/aromatic N) is 1. The Bertz CT molecular complexity index is 999. The number of carboxylic acid groups (broad SMARTS) is 1. The molecular formula is C20H15NO6S2. The molecule has 1 aliphatic heterocycles. The van der Waals surface area contributed by atoms with Crippen molar-refractivity contribution in [1.29, 1.82) is 0 Å². The molecule has 0 saturated carbocycles. The van der Waals surface area contributed by atoms with Crippen LogP contribution in [0.15, 0.2) is 53.4 Å². The van der Waals surface area contributed by atoms with Gasteiger partial charge in [0, 0.05) is 0 Å². The van der Waals surface area contributed by atoms with Crippen molar-refractivity contribution in [2.45, 2.75) is 0 Å². The van der Waals surface area contributed by atoms with Crippen molar-refractivity contribution in [3.05, 3.63) is 64.6 Å². The lowest BCUT2D eigenvalue weighted by Gasteiger charge is -2.10. The van der Waals surface area contributed by atoms with E-state index in [1.165, 1.54) is 0 Å². The zero-order valence-electron chi connectivity index (χ0n) is 15.2. The molecular weight excluding hydrogens is 414 g/mol. The lowest BCUT2D eigenvalue weighted by atomic mass is 10.2. The fourth-order valence-corrected chi connectivity index (χ4v) is 3.70. The van der Waals surface area contributed by atoms with Gasteiger partial charge in [-0.3, -0.25) is 14.5 Å². The van der Waals surface area contributed by atoms with Crippen LogP contribution >= 0.6 is 24.0 Å².